The first-order valence-corrected chi connectivity index (χ1v) is 10.9. The number of fused-ring (bicyclic) bond motifs is 1. The molecule has 1 aromatic heterocycles. The predicted molar refractivity (Wildman–Crippen MR) is 120 cm³/mol. The average molecular weight is 404 g/mol. The molecule has 0 bridgehead atoms. The summed E-state index contributed by atoms with van der Waals surface area (Å²) in [5.41, 5.74) is 2.59. The van der Waals surface area contributed by atoms with Crippen LogP contribution < -0.4 is 5.56 Å². The SMILES string of the molecule is Cc1cccc(C2CCCCCN2C(=O)c2nn(C(C)C)c(=O)c3ccccc23)c1. The molecule has 30 heavy (non-hydrogen) atoms. The van der Waals surface area contributed by atoms with Gasteiger partial charge in [-0.25, -0.2) is 4.68 Å². The fourth-order valence-corrected chi connectivity index (χ4v) is 4.43. The van der Waals surface area contributed by atoms with Crippen molar-refractivity contribution in [3.05, 3.63) is 75.7 Å². The number of amides is 1. The van der Waals surface area contributed by atoms with Gasteiger partial charge in [-0.05, 0) is 45.2 Å². The number of carbonyl (C=O) groups excluding carboxylic acids is 1. The van der Waals surface area contributed by atoms with Gasteiger partial charge in [0, 0.05) is 11.9 Å². The maximum atomic E-state index is 13.9. The van der Waals surface area contributed by atoms with Crippen LogP contribution in [0.15, 0.2) is 53.3 Å². The van der Waals surface area contributed by atoms with Crippen LogP contribution in [0.5, 0.6) is 0 Å². The van der Waals surface area contributed by atoms with E-state index in [1.807, 2.05) is 36.9 Å². The standard InChI is InChI=1S/C25H29N3O2/c1-17(2)28-24(29)21-13-7-6-12-20(21)23(26-28)25(30)27-15-8-4-5-14-22(27)19-11-9-10-18(3)16-19/h6-7,9-13,16-17,22H,4-5,8,14-15H2,1-3H3. The Labute approximate surface area is 177 Å². The second kappa shape index (κ2) is 8.42. The maximum Gasteiger partial charge on any atom is 0.275 e. The fourth-order valence-electron chi connectivity index (χ4n) is 4.43. The number of aryl methyl sites for hydroxylation is 1. The molecule has 2 aromatic carbocycles. The van der Waals surface area contributed by atoms with E-state index in [9.17, 15) is 9.59 Å². The van der Waals surface area contributed by atoms with E-state index >= 15 is 0 Å². The molecule has 0 radical (unpaired) electrons. The minimum absolute atomic E-state index is 0.0277. The summed E-state index contributed by atoms with van der Waals surface area (Å²) in [6.45, 7) is 6.62. The molecule has 1 aliphatic rings. The van der Waals surface area contributed by atoms with Crippen molar-refractivity contribution in [2.45, 2.75) is 58.5 Å². The molecule has 156 valence electrons. The highest BCUT2D eigenvalue weighted by Gasteiger charge is 2.30. The summed E-state index contributed by atoms with van der Waals surface area (Å²) >= 11 is 0. The van der Waals surface area contributed by atoms with E-state index in [0.29, 0.717) is 23.0 Å². The molecule has 1 aliphatic heterocycles. The zero-order valence-corrected chi connectivity index (χ0v) is 18.0. The first kappa shape index (κ1) is 20.3. The molecule has 1 unspecified atom stereocenters. The van der Waals surface area contributed by atoms with Crippen molar-refractivity contribution in [1.82, 2.24) is 14.7 Å². The van der Waals surface area contributed by atoms with E-state index in [-0.39, 0.29) is 23.6 Å². The second-order valence-corrected chi connectivity index (χ2v) is 8.52. The molecule has 0 saturated carbocycles. The van der Waals surface area contributed by atoms with Gasteiger partial charge in [0.25, 0.3) is 11.5 Å². The highest BCUT2D eigenvalue weighted by Crippen LogP contribution is 2.32. The summed E-state index contributed by atoms with van der Waals surface area (Å²) in [6, 6.07) is 15.7. The highest BCUT2D eigenvalue weighted by atomic mass is 16.2. The molecule has 1 fully saturated rings. The molecule has 5 heteroatoms. The first-order valence-electron chi connectivity index (χ1n) is 10.9. The Bertz CT molecular complexity index is 1130. The minimum atomic E-state index is -0.150. The molecular formula is C25H29N3O2. The van der Waals surface area contributed by atoms with Gasteiger partial charge in [0.1, 0.15) is 0 Å². The summed E-state index contributed by atoms with van der Waals surface area (Å²) in [7, 11) is 0. The minimum Gasteiger partial charge on any atom is -0.330 e. The van der Waals surface area contributed by atoms with Crippen LogP contribution in [0.1, 0.15) is 73.2 Å². The summed E-state index contributed by atoms with van der Waals surface area (Å²) in [6.07, 6.45) is 4.14. The maximum absolute atomic E-state index is 13.9. The Balaban J connectivity index is 1.85. The van der Waals surface area contributed by atoms with Crippen molar-refractivity contribution in [3.63, 3.8) is 0 Å². The lowest BCUT2D eigenvalue weighted by Gasteiger charge is -2.31. The van der Waals surface area contributed by atoms with Crippen molar-refractivity contribution in [2.24, 2.45) is 0 Å². The molecule has 3 aromatic rings. The van der Waals surface area contributed by atoms with Crippen molar-refractivity contribution in [3.8, 4) is 0 Å². The van der Waals surface area contributed by atoms with Gasteiger partial charge >= 0.3 is 0 Å². The third-order valence-corrected chi connectivity index (χ3v) is 5.96. The smallest absolute Gasteiger partial charge is 0.275 e. The van der Waals surface area contributed by atoms with Gasteiger partial charge in [0.2, 0.25) is 0 Å². The highest BCUT2D eigenvalue weighted by molar-refractivity contribution is 6.05. The molecule has 1 amide bonds. The largest absolute Gasteiger partial charge is 0.330 e. The zero-order chi connectivity index (χ0) is 21.3. The van der Waals surface area contributed by atoms with Gasteiger partial charge in [0.15, 0.2) is 5.69 Å². The van der Waals surface area contributed by atoms with Crippen LogP contribution in [0.3, 0.4) is 0 Å². The molecular weight excluding hydrogens is 374 g/mol. The molecule has 1 atom stereocenters. The second-order valence-electron chi connectivity index (χ2n) is 8.52. The summed E-state index contributed by atoms with van der Waals surface area (Å²) < 4.78 is 1.44. The predicted octanol–water partition coefficient (Wildman–Crippen LogP) is 5.04. The molecule has 5 nitrogen and oxygen atoms in total. The van der Waals surface area contributed by atoms with Crippen LogP contribution >= 0.6 is 0 Å². The number of hydrogen-bond acceptors (Lipinski definition) is 3. The lowest BCUT2D eigenvalue weighted by molar-refractivity contribution is 0.0674. The van der Waals surface area contributed by atoms with Gasteiger partial charge in [0.05, 0.1) is 17.5 Å². The fraction of sp³-hybridized carbons (Fsp3) is 0.400. The number of benzene rings is 2. The van der Waals surface area contributed by atoms with Crippen LogP contribution in [0.25, 0.3) is 10.8 Å². The van der Waals surface area contributed by atoms with Crippen LogP contribution in [-0.4, -0.2) is 27.1 Å². The van der Waals surface area contributed by atoms with Gasteiger partial charge in [-0.3, -0.25) is 9.59 Å². The van der Waals surface area contributed by atoms with E-state index in [1.165, 1.54) is 15.8 Å². The van der Waals surface area contributed by atoms with E-state index in [4.69, 9.17) is 0 Å². The molecule has 0 aliphatic carbocycles. The quantitative estimate of drug-likeness (QED) is 0.615. The Kier molecular flexibility index (Phi) is 5.71. The van der Waals surface area contributed by atoms with Crippen LogP contribution in [0, 0.1) is 6.92 Å². The summed E-state index contributed by atoms with van der Waals surface area (Å²) in [5.74, 6) is -0.0889. The molecule has 1 saturated heterocycles. The number of carbonyl (C=O) groups is 1. The Morgan fingerprint density at radius 3 is 2.53 bits per heavy atom. The van der Waals surface area contributed by atoms with Gasteiger partial charge in [-0.15, -0.1) is 0 Å². The van der Waals surface area contributed by atoms with Crippen LogP contribution in [0.2, 0.25) is 0 Å². The lowest BCUT2D eigenvalue weighted by Crippen LogP contribution is -2.37. The zero-order valence-electron chi connectivity index (χ0n) is 18.0. The summed E-state index contributed by atoms with van der Waals surface area (Å²) in [5, 5.41) is 5.75. The first-order chi connectivity index (χ1) is 14.5. The normalized spacial score (nSPS) is 17.3. The lowest BCUT2D eigenvalue weighted by atomic mass is 9.98. The van der Waals surface area contributed by atoms with Gasteiger partial charge in [-0.2, -0.15) is 5.10 Å². The van der Waals surface area contributed by atoms with Gasteiger partial charge < -0.3 is 4.90 Å². The topological polar surface area (TPSA) is 55.2 Å². The van der Waals surface area contributed by atoms with E-state index in [0.717, 1.165) is 25.7 Å². The van der Waals surface area contributed by atoms with Crippen molar-refractivity contribution >= 4 is 16.7 Å². The van der Waals surface area contributed by atoms with Crippen molar-refractivity contribution < 1.29 is 4.79 Å². The number of likely N-dealkylation sites (tertiary alicyclic amines) is 1. The Hall–Kier alpha value is -2.95. The van der Waals surface area contributed by atoms with E-state index < -0.39 is 0 Å². The van der Waals surface area contributed by atoms with Crippen molar-refractivity contribution in [2.75, 3.05) is 6.54 Å². The number of rotatable bonds is 3. The average Bonchev–Trinajstić information content (AvgIpc) is 3.00. The number of aromatic nitrogens is 2. The Morgan fingerprint density at radius 1 is 1.03 bits per heavy atom. The van der Waals surface area contributed by atoms with Crippen LogP contribution in [0.4, 0.5) is 0 Å². The van der Waals surface area contributed by atoms with Crippen LogP contribution in [-0.2, 0) is 0 Å². The molecule has 0 N–H and O–H groups in total. The molecule has 0 spiro atoms. The summed E-state index contributed by atoms with van der Waals surface area (Å²) in [4.78, 5) is 28.7. The van der Waals surface area contributed by atoms with E-state index in [1.54, 1.807) is 6.07 Å². The third-order valence-electron chi connectivity index (χ3n) is 5.96. The Morgan fingerprint density at radius 2 is 1.80 bits per heavy atom. The molecule has 2 heterocycles. The third kappa shape index (κ3) is 3.76. The molecule has 4 rings (SSSR count). The van der Waals surface area contributed by atoms with E-state index in [2.05, 4.69) is 36.3 Å². The van der Waals surface area contributed by atoms with Crippen molar-refractivity contribution in [1.29, 1.82) is 0 Å². The van der Waals surface area contributed by atoms with Gasteiger partial charge in [-0.1, -0.05) is 60.9 Å². The number of hydrogen-bond donors (Lipinski definition) is 0. The number of nitrogens with zero attached hydrogens (tertiary/aromatic N) is 3. The monoisotopic (exact) mass is 403 g/mol.